The van der Waals surface area contributed by atoms with Crippen molar-refractivity contribution in [2.24, 2.45) is 0 Å². The molecule has 1 heterocycles. The van der Waals surface area contributed by atoms with Crippen molar-refractivity contribution in [2.45, 2.75) is 27.4 Å². The van der Waals surface area contributed by atoms with Gasteiger partial charge in [-0.1, -0.05) is 6.07 Å². The Labute approximate surface area is 188 Å². The van der Waals surface area contributed by atoms with Gasteiger partial charge in [-0.3, -0.25) is 4.79 Å². The van der Waals surface area contributed by atoms with Crippen molar-refractivity contribution in [3.63, 3.8) is 0 Å². The van der Waals surface area contributed by atoms with E-state index in [1.54, 1.807) is 36.4 Å². The molecule has 1 aliphatic heterocycles. The van der Waals surface area contributed by atoms with Crippen LogP contribution in [0.15, 0.2) is 54.6 Å². The van der Waals surface area contributed by atoms with Gasteiger partial charge in [0.25, 0.3) is 5.91 Å². The first kappa shape index (κ1) is 21.6. The Bertz CT molecular complexity index is 1130. The van der Waals surface area contributed by atoms with Crippen LogP contribution in [0.25, 0.3) is 0 Å². The molecule has 3 aromatic rings. The third-order valence-corrected chi connectivity index (χ3v) is 5.30. The van der Waals surface area contributed by atoms with Gasteiger partial charge in [0, 0.05) is 22.9 Å². The highest BCUT2D eigenvalue weighted by Crippen LogP contribution is 2.33. The minimum absolute atomic E-state index is 0.225. The van der Waals surface area contributed by atoms with Crippen molar-refractivity contribution in [3.05, 3.63) is 76.9 Å². The van der Waals surface area contributed by atoms with Crippen LogP contribution in [0.3, 0.4) is 0 Å². The molecule has 0 aromatic heterocycles. The molecule has 0 radical (unpaired) electrons. The van der Waals surface area contributed by atoms with E-state index in [0.717, 1.165) is 11.3 Å². The van der Waals surface area contributed by atoms with E-state index in [1.165, 1.54) is 11.1 Å². The van der Waals surface area contributed by atoms with Crippen molar-refractivity contribution in [3.8, 4) is 23.0 Å². The predicted molar refractivity (Wildman–Crippen MR) is 123 cm³/mol. The summed E-state index contributed by atoms with van der Waals surface area (Å²) >= 11 is 0. The molecule has 3 aromatic carbocycles. The van der Waals surface area contributed by atoms with Crippen LogP contribution in [0.2, 0.25) is 0 Å². The van der Waals surface area contributed by atoms with E-state index in [1.807, 2.05) is 25.1 Å². The van der Waals surface area contributed by atoms with Gasteiger partial charge < -0.3 is 24.3 Å². The van der Waals surface area contributed by atoms with Gasteiger partial charge >= 0.3 is 0 Å². The van der Waals surface area contributed by atoms with Crippen LogP contribution in [-0.2, 0) is 6.61 Å². The summed E-state index contributed by atoms with van der Waals surface area (Å²) < 4.78 is 22.9. The van der Waals surface area contributed by atoms with Gasteiger partial charge in [0.1, 0.15) is 31.3 Å². The molecule has 6 nitrogen and oxygen atoms in total. The molecule has 6 heteroatoms. The second kappa shape index (κ2) is 9.64. The molecule has 0 spiro atoms. The number of anilines is 1. The van der Waals surface area contributed by atoms with Crippen molar-refractivity contribution in [1.82, 2.24) is 0 Å². The Morgan fingerprint density at radius 3 is 2.50 bits per heavy atom. The molecule has 4 rings (SSSR count). The minimum Gasteiger partial charge on any atom is -0.493 e. The largest absolute Gasteiger partial charge is 0.493 e. The Morgan fingerprint density at radius 1 is 0.906 bits per heavy atom. The standard InChI is InChI=1S/C26H27NO5/c1-4-29-23-9-6-19(14-20(23)16-32-22-8-5-17(2)18(3)13-22)26(28)27-21-7-10-24-25(15-21)31-12-11-30-24/h5-10,13-15H,4,11-12,16H2,1-3H3,(H,27,28). The molecule has 1 amide bonds. The molecule has 0 bridgehead atoms. The Kier molecular flexibility index (Phi) is 6.50. The van der Waals surface area contributed by atoms with Gasteiger partial charge in [-0.15, -0.1) is 0 Å². The van der Waals surface area contributed by atoms with E-state index < -0.39 is 0 Å². The summed E-state index contributed by atoms with van der Waals surface area (Å²) in [5.74, 6) is 2.57. The molecule has 166 valence electrons. The summed E-state index contributed by atoms with van der Waals surface area (Å²) in [6.45, 7) is 7.89. The highest BCUT2D eigenvalue weighted by atomic mass is 16.6. The summed E-state index contributed by atoms with van der Waals surface area (Å²) in [4.78, 5) is 12.9. The molecule has 0 fully saturated rings. The maximum atomic E-state index is 12.9. The zero-order chi connectivity index (χ0) is 22.5. The Morgan fingerprint density at radius 2 is 1.72 bits per heavy atom. The van der Waals surface area contributed by atoms with E-state index in [4.69, 9.17) is 18.9 Å². The van der Waals surface area contributed by atoms with Crippen LogP contribution in [0.5, 0.6) is 23.0 Å². The van der Waals surface area contributed by atoms with Crippen LogP contribution < -0.4 is 24.3 Å². The molecule has 1 aliphatic rings. The number of fused-ring (bicyclic) bond motifs is 1. The zero-order valence-electron chi connectivity index (χ0n) is 18.6. The fourth-order valence-electron chi connectivity index (χ4n) is 3.42. The van der Waals surface area contributed by atoms with E-state index in [2.05, 4.69) is 19.2 Å². The SMILES string of the molecule is CCOc1ccc(C(=O)Nc2ccc3c(c2)OCCO3)cc1COc1ccc(C)c(C)c1. The summed E-state index contributed by atoms with van der Waals surface area (Å²) in [5, 5.41) is 2.92. The Balaban J connectivity index is 1.51. The molecule has 0 saturated heterocycles. The summed E-state index contributed by atoms with van der Waals surface area (Å²) in [6, 6.07) is 16.7. The Hall–Kier alpha value is -3.67. The molecule has 0 atom stereocenters. The van der Waals surface area contributed by atoms with Gasteiger partial charge in [-0.2, -0.15) is 0 Å². The number of carbonyl (C=O) groups excluding carboxylic acids is 1. The first-order valence-electron chi connectivity index (χ1n) is 10.7. The lowest BCUT2D eigenvalue weighted by atomic mass is 10.1. The smallest absolute Gasteiger partial charge is 0.255 e. The van der Waals surface area contributed by atoms with Gasteiger partial charge in [0.2, 0.25) is 0 Å². The predicted octanol–water partition coefficient (Wildman–Crippen LogP) is 5.30. The molecule has 1 N–H and O–H groups in total. The molecule has 0 unspecified atom stereocenters. The third-order valence-electron chi connectivity index (χ3n) is 5.30. The van der Waals surface area contributed by atoms with Gasteiger partial charge in [-0.25, -0.2) is 0 Å². The number of hydrogen-bond donors (Lipinski definition) is 1. The first-order chi connectivity index (χ1) is 15.5. The fourth-order valence-corrected chi connectivity index (χ4v) is 3.42. The summed E-state index contributed by atoms with van der Waals surface area (Å²) in [5.41, 5.74) is 4.34. The van der Waals surface area contributed by atoms with E-state index in [0.29, 0.717) is 54.9 Å². The zero-order valence-corrected chi connectivity index (χ0v) is 18.6. The van der Waals surface area contributed by atoms with Crippen molar-refractivity contribution < 1.29 is 23.7 Å². The second-order valence-corrected chi connectivity index (χ2v) is 7.60. The minimum atomic E-state index is -0.225. The third kappa shape index (κ3) is 4.97. The number of carbonyl (C=O) groups is 1. The average Bonchev–Trinajstić information content (AvgIpc) is 2.80. The molecular weight excluding hydrogens is 406 g/mol. The highest BCUT2D eigenvalue weighted by Gasteiger charge is 2.15. The quantitative estimate of drug-likeness (QED) is 0.547. The maximum Gasteiger partial charge on any atom is 0.255 e. The monoisotopic (exact) mass is 433 g/mol. The average molecular weight is 434 g/mol. The topological polar surface area (TPSA) is 66.0 Å². The highest BCUT2D eigenvalue weighted by molar-refractivity contribution is 6.04. The van der Waals surface area contributed by atoms with Crippen LogP contribution in [0.4, 0.5) is 5.69 Å². The van der Waals surface area contributed by atoms with Crippen LogP contribution in [0, 0.1) is 13.8 Å². The van der Waals surface area contributed by atoms with Gasteiger partial charge in [0.05, 0.1) is 6.61 Å². The van der Waals surface area contributed by atoms with E-state index in [9.17, 15) is 4.79 Å². The number of hydrogen-bond acceptors (Lipinski definition) is 5. The van der Waals surface area contributed by atoms with Crippen molar-refractivity contribution in [1.29, 1.82) is 0 Å². The second-order valence-electron chi connectivity index (χ2n) is 7.60. The fraction of sp³-hybridized carbons (Fsp3) is 0.269. The van der Waals surface area contributed by atoms with Crippen LogP contribution in [-0.4, -0.2) is 25.7 Å². The number of benzene rings is 3. The number of nitrogens with one attached hydrogen (secondary N) is 1. The van der Waals surface area contributed by atoms with E-state index >= 15 is 0 Å². The van der Waals surface area contributed by atoms with E-state index in [-0.39, 0.29) is 5.91 Å². The van der Waals surface area contributed by atoms with Crippen molar-refractivity contribution in [2.75, 3.05) is 25.1 Å². The van der Waals surface area contributed by atoms with Crippen LogP contribution >= 0.6 is 0 Å². The molecule has 0 aliphatic carbocycles. The summed E-state index contributed by atoms with van der Waals surface area (Å²) in [7, 11) is 0. The lowest BCUT2D eigenvalue weighted by Crippen LogP contribution is -2.16. The molecular formula is C26H27NO5. The van der Waals surface area contributed by atoms with Crippen LogP contribution in [0.1, 0.15) is 34.0 Å². The number of aryl methyl sites for hydroxylation is 2. The number of ether oxygens (including phenoxy) is 4. The lowest BCUT2D eigenvalue weighted by Gasteiger charge is -2.19. The number of amides is 1. The summed E-state index contributed by atoms with van der Waals surface area (Å²) in [6.07, 6.45) is 0. The lowest BCUT2D eigenvalue weighted by molar-refractivity contribution is 0.102. The van der Waals surface area contributed by atoms with Gasteiger partial charge in [0.15, 0.2) is 11.5 Å². The normalized spacial score (nSPS) is 12.2. The maximum absolute atomic E-state index is 12.9. The van der Waals surface area contributed by atoms with Crippen molar-refractivity contribution >= 4 is 11.6 Å². The molecule has 32 heavy (non-hydrogen) atoms. The van der Waals surface area contributed by atoms with Gasteiger partial charge in [-0.05, 0) is 74.4 Å². The molecule has 0 saturated carbocycles. The number of rotatable bonds is 7. The first-order valence-corrected chi connectivity index (χ1v) is 10.7.